The average Bonchev–Trinajstić information content (AvgIpc) is 2.75. The van der Waals surface area contributed by atoms with E-state index in [-0.39, 0.29) is 5.41 Å². The highest BCUT2D eigenvalue weighted by Gasteiger charge is 2.56. The minimum absolute atomic E-state index is 0.245. The summed E-state index contributed by atoms with van der Waals surface area (Å²) in [5.74, 6) is 0.840. The first-order valence-electron chi connectivity index (χ1n) is 8.12. The highest BCUT2D eigenvalue weighted by atomic mass is 16.5. The predicted molar refractivity (Wildman–Crippen MR) is 92.2 cm³/mol. The Kier molecular flexibility index (Phi) is 4.81. The lowest BCUT2D eigenvalue weighted by Crippen LogP contribution is -2.43. The Hall–Kier alpha value is -1.54. The molecule has 0 saturated carbocycles. The third-order valence-corrected chi connectivity index (χ3v) is 5.16. The van der Waals surface area contributed by atoms with Gasteiger partial charge in [0.2, 0.25) is 0 Å². The average molecular weight is 300 g/mol. The maximum atomic E-state index is 11.7. The Morgan fingerprint density at radius 2 is 2.18 bits per heavy atom. The molecule has 2 atom stereocenters. The van der Waals surface area contributed by atoms with Gasteiger partial charge in [0.1, 0.15) is 11.4 Å². The Morgan fingerprint density at radius 3 is 2.73 bits per heavy atom. The van der Waals surface area contributed by atoms with Crippen molar-refractivity contribution in [3.05, 3.63) is 54.1 Å². The maximum absolute atomic E-state index is 11.7. The number of methoxy groups -OCH3 is 1. The molecule has 22 heavy (non-hydrogen) atoms. The van der Waals surface area contributed by atoms with Crippen LogP contribution in [0.4, 0.5) is 0 Å². The topological polar surface area (TPSA) is 29.5 Å². The van der Waals surface area contributed by atoms with Crippen LogP contribution in [0, 0.1) is 5.41 Å². The summed E-state index contributed by atoms with van der Waals surface area (Å²) in [6.45, 7) is 12.2. The van der Waals surface area contributed by atoms with E-state index in [2.05, 4.69) is 26.1 Å². The number of hydrogen-bond donors (Lipinski definition) is 1. The molecule has 120 valence electrons. The molecule has 0 saturated heterocycles. The van der Waals surface area contributed by atoms with E-state index in [0.29, 0.717) is 0 Å². The summed E-state index contributed by atoms with van der Waals surface area (Å²) in [5.41, 5.74) is 1.74. The van der Waals surface area contributed by atoms with Gasteiger partial charge in [-0.2, -0.15) is 0 Å². The third-order valence-electron chi connectivity index (χ3n) is 5.16. The molecule has 1 N–H and O–H groups in total. The predicted octanol–water partition coefficient (Wildman–Crippen LogP) is 4.77. The normalized spacial score (nSPS) is 26.5. The van der Waals surface area contributed by atoms with Gasteiger partial charge in [-0.05, 0) is 55.0 Å². The molecule has 2 unspecified atom stereocenters. The molecule has 0 aromatic heterocycles. The van der Waals surface area contributed by atoms with Gasteiger partial charge in [-0.15, -0.1) is 6.58 Å². The first kappa shape index (κ1) is 16.8. The van der Waals surface area contributed by atoms with Gasteiger partial charge in [-0.3, -0.25) is 0 Å². The van der Waals surface area contributed by atoms with Gasteiger partial charge in [-0.1, -0.05) is 38.5 Å². The second-order valence-electron chi connectivity index (χ2n) is 6.57. The fourth-order valence-corrected chi connectivity index (χ4v) is 4.04. The zero-order valence-corrected chi connectivity index (χ0v) is 14.1. The van der Waals surface area contributed by atoms with Crippen LogP contribution >= 0.6 is 0 Å². The van der Waals surface area contributed by atoms with Gasteiger partial charge in [0.15, 0.2) is 0 Å². The highest BCUT2D eigenvalue weighted by Crippen LogP contribution is 2.58. The van der Waals surface area contributed by atoms with Crippen LogP contribution < -0.4 is 4.74 Å². The lowest BCUT2D eigenvalue weighted by molar-refractivity contribution is -0.0512. The summed E-state index contributed by atoms with van der Waals surface area (Å²) in [6, 6.07) is 5.98. The van der Waals surface area contributed by atoms with E-state index in [9.17, 15) is 5.11 Å². The number of hydrogen-bond acceptors (Lipinski definition) is 2. The van der Waals surface area contributed by atoms with E-state index >= 15 is 0 Å². The molecular weight excluding hydrogens is 272 g/mol. The van der Waals surface area contributed by atoms with Crippen LogP contribution in [-0.2, 0) is 12.0 Å². The zero-order valence-electron chi connectivity index (χ0n) is 14.1. The molecule has 0 aliphatic heterocycles. The van der Waals surface area contributed by atoms with E-state index in [0.717, 1.165) is 49.0 Å². The number of fused-ring (bicyclic) bond motifs is 1. The highest BCUT2D eigenvalue weighted by molar-refractivity contribution is 5.50. The van der Waals surface area contributed by atoms with Gasteiger partial charge in [-0.25, -0.2) is 0 Å². The Morgan fingerprint density at radius 1 is 1.45 bits per heavy atom. The first-order valence-corrected chi connectivity index (χ1v) is 8.12. The van der Waals surface area contributed by atoms with Crippen molar-refractivity contribution in [1.29, 1.82) is 0 Å². The van der Waals surface area contributed by atoms with Crippen LogP contribution in [0.15, 0.2) is 43.0 Å². The fraction of sp³-hybridized carbons (Fsp3) is 0.500. The van der Waals surface area contributed by atoms with E-state index in [1.165, 1.54) is 5.56 Å². The van der Waals surface area contributed by atoms with Crippen LogP contribution in [-0.4, -0.2) is 12.2 Å². The summed E-state index contributed by atoms with van der Waals surface area (Å²) in [7, 11) is 1.68. The van der Waals surface area contributed by atoms with Crippen molar-refractivity contribution in [2.45, 2.75) is 51.6 Å². The minimum atomic E-state index is -0.988. The Bertz CT molecular complexity index is 575. The largest absolute Gasteiger partial charge is 0.497 e. The standard InChI is InChI=1S/C20H28O2/c1-6-8-12-19(11-7-2)14-16-13-17(22-5)9-10-18(16)20(19,21)15(3)4/h7,9-10,13,21H,2-3,6,8,11-12,14H2,1,4-5H3. The number of unbranched alkanes of at least 4 members (excludes halogenated alkanes) is 1. The maximum Gasteiger partial charge on any atom is 0.119 e. The molecule has 1 aromatic rings. The number of aliphatic hydroxyl groups is 1. The van der Waals surface area contributed by atoms with E-state index in [4.69, 9.17) is 4.74 Å². The molecule has 2 heteroatoms. The van der Waals surface area contributed by atoms with Gasteiger partial charge in [0.25, 0.3) is 0 Å². The molecule has 0 amide bonds. The molecule has 1 aliphatic carbocycles. The molecule has 2 nitrogen and oxygen atoms in total. The van der Waals surface area contributed by atoms with Crippen LogP contribution in [0.1, 0.15) is 50.7 Å². The Balaban J connectivity index is 2.59. The first-order chi connectivity index (χ1) is 10.4. The summed E-state index contributed by atoms with van der Waals surface area (Å²) >= 11 is 0. The van der Waals surface area contributed by atoms with Crippen LogP contribution in [0.25, 0.3) is 0 Å². The quantitative estimate of drug-likeness (QED) is 0.735. The van der Waals surface area contributed by atoms with E-state index < -0.39 is 5.60 Å². The van der Waals surface area contributed by atoms with Crippen molar-refractivity contribution >= 4 is 0 Å². The fourth-order valence-electron chi connectivity index (χ4n) is 4.04. The van der Waals surface area contributed by atoms with Gasteiger partial charge < -0.3 is 9.84 Å². The second-order valence-corrected chi connectivity index (χ2v) is 6.57. The number of allylic oxidation sites excluding steroid dienone is 1. The second kappa shape index (κ2) is 6.29. The van der Waals surface area contributed by atoms with Crippen molar-refractivity contribution in [2.24, 2.45) is 5.41 Å². The van der Waals surface area contributed by atoms with Crippen molar-refractivity contribution in [3.63, 3.8) is 0 Å². The minimum Gasteiger partial charge on any atom is -0.497 e. The lowest BCUT2D eigenvalue weighted by Gasteiger charge is -2.43. The Labute approximate surface area is 134 Å². The van der Waals surface area contributed by atoms with E-state index in [1.54, 1.807) is 7.11 Å². The van der Waals surface area contributed by atoms with Crippen molar-refractivity contribution in [1.82, 2.24) is 0 Å². The lowest BCUT2D eigenvalue weighted by atomic mass is 9.64. The summed E-state index contributed by atoms with van der Waals surface area (Å²) in [5, 5.41) is 11.7. The number of rotatable bonds is 7. The summed E-state index contributed by atoms with van der Waals surface area (Å²) < 4.78 is 5.35. The number of ether oxygens (including phenoxy) is 1. The molecule has 1 aromatic carbocycles. The summed E-state index contributed by atoms with van der Waals surface area (Å²) in [4.78, 5) is 0. The molecule has 0 radical (unpaired) electrons. The molecule has 2 rings (SSSR count). The molecule has 0 heterocycles. The molecule has 0 fully saturated rings. The smallest absolute Gasteiger partial charge is 0.119 e. The molecule has 0 spiro atoms. The van der Waals surface area contributed by atoms with Gasteiger partial charge in [0, 0.05) is 5.41 Å². The van der Waals surface area contributed by atoms with Crippen LogP contribution in [0.2, 0.25) is 0 Å². The van der Waals surface area contributed by atoms with Crippen molar-refractivity contribution < 1.29 is 9.84 Å². The van der Waals surface area contributed by atoms with Crippen LogP contribution in [0.5, 0.6) is 5.75 Å². The number of benzene rings is 1. The van der Waals surface area contributed by atoms with Crippen molar-refractivity contribution in [3.8, 4) is 5.75 Å². The summed E-state index contributed by atoms with van der Waals surface area (Å²) in [6.07, 6.45) is 6.74. The molecule has 0 bridgehead atoms. The molecular formula is C20H28O2. The SMILES string of the molecule is C=CCC1(CCCC)Cc2cc(OC)ccc2C1(O)C(=C)C. The van der Waals surface area contributed by atoms with Gasteiger partial charge >= 0.3 is 0 Å². The monoisotopic (exact) mass is 300 g/mol. The van der Waals surface area contributed by atoms with Crippen molar-refractivity contribution in [2.75, 3.05) is 7.11 Å². The molecule has 1 aliphatic rings. The third kappa shape index (κ3) is 2.40. The van der Waals surface area contributed by atoms with Crippen LogP contribution in [0.3, 0.4) is 0 Å². The van der Waals surface area contributed by atoms with Gasteiger partial charge in [0.05, 0.1) is 7.11 Å². The zero-order chi connectivity index (χ0) is 16.4. The van der Waals surface area contributed by atoms with E-state index in [1.807, 2.05) is 25.1 Å².